The average molecular weight is 232 g/mol. The third kappa shape index (κ3) is 5.65. The number of rotatable bonds is 4. The zero-order valence-electron chi connectivity index (χ0n) is 7.82. The fourth-order valence-electron chi connectivity index (χ4n) is 1.17. The monoisotopic (exact) mass is 232 g/mol. The van der Waals surface area contributed by atoms with E-state index in [0.717, 1.165) is 13.1 Å². The first kappa shape index (κ1) is 14.8. The zero-order valence-corrected chi connectivity index (χ0v) is 8.64. The summed E-state index contributed by atoms with van der Waals surface area (Å²) in [5.41, 5.74) is 0. The third-order valence-corrected chi connectivity index (χ3v) is 3.10. The quantitative estimate of drug-likeness (QED) is 0.624. The number of nitrogens with zero attached hydrogens (tertiary/aromatic N) is 1. The average Bonchev–Trinajstić information content (AvgIpc) is 2.04. The van der Waals surface area contributed by atoms with E-state index >= 15 is 0 Å². The van der Waals surface area contributed by atoms with Gasteiger partial charge in [0, 0.05) is 26.2 Å². The van der Waals surface area contributed by atoms with Gasteiger partial charge in [0.15, 0.2) is 0 Å². The molecule has 0 aromatic rings. The molecule has 0 saturated carbocycles. The Labute approximate surface area is 108 Å². The van der Waals surface area contributed by atoms with Crippen molar-refractivity contribution in [2.24, 2.45) is 0 Å². The summed E-state index contributed by atoms with van der Waals surface area (Å²) in [7, 11) is -3.33. The summed E-state index contributed by atoms with van der Waals surface area (Å²) < 4.78 is 27.3. The van der Waals surface area contributed by atoms with E-state index in [9.17, 15) is 8.42 Å². The molecule has 5 nitrogen and oxygen atoms in total. The van der Waals surface area contributed by atoms with E-state index in [1.165, 1.54) is 5.06 Å². The molecule has 0 amide bonds. The first-order valence-corrected chi connectivity index (χ1v) is 6.10. The van der Waals surface area contributed by atoms with Crippen LogP contribution in [0.4, 0.5) is 0 Å². The second kappa shape index (κ2) is 7.16. The Hall–Kier alpha value is 0.830. The topological polar surface area (TPSA) is 58.6 Å². The molecule has 0 atom stereocenters. The van der Waals surface area contributed by atoms with E-state index in [-0.39, 0.29) is 35.3 Å². The molecule has 1 aliphatic heterocycles. The van der Waals surface area contributed by atoms with Gasteiger partial charge in [-0.2, -0.15) is 17.8 Å². The van der Waals surface area contributed by atoms with Crippen LogP contribution >= 0.6 is 0 Å². The van der Waals surface area contributed by atoms with E-state index in [1.807, 2.05) is 6.92 Å². The Morgan fingerprint density at radius 2 is 1.93 bits per heavy atom. The van der Waals surface area contributed by atoms with Crippen molar-refractivity contribution >= 4 is 39.7 Å². The minimum atomic E-state index is -3.33. The van der Waals surface area contributed by atoms with Gasteiger partial charge >= 0.3 is 29.6 Å². The molecule has 0 bridgehead atoms. The van der Waals surface area contributed by atoms with E-state index in [2.05, 4.69) is 5.32 Å². The van der Waals surface area contributed by atoms with Crippen molar-refractivity contribution in [3.05, 3.63) is 0 Å². The number of hydroxylamine groups is 2. The predicted molar refractivity (Wildman–Crippen MR) is 56.8 cm³/mol. The van der Waals surface area contributed by atoms with E-state index < -0.39 is 10.1 Å². The Kier molecular flexibility index (Phi) is 7.59. The molecular formula is C7H17N2NaO3S. The van der Waals surface area contributed by atoms with Crippen LogP contribution in [0.2, 0.25) is 0 Å². The van der Waals surface area contributed by atoms with Crippen molar-refractivity contribution < 1.29 is 12.7 Å². The van der Waals surface area contributed by atoms with E-state index in [4.69, 9.17) is 4.28 Å². The SMILES string of the molecule is CCCS(=O)(=O)ON1CCNCC1.[NaH]. The molecule has 1 saturated heterocycles. The zero-order chi connectivity index (χ0) is 9.73. The molecule has 0 aliphatic carbocycles. The minimum absolute atomic E-state index is 0. The Morgan fingerprint density at radius 3 is 2.43 bits per heavy atom. The normalized spacial score (nSPS) is 18.9. The number of hydrogen-bond acceptors (Lipinski definition) is 5. The Morgan fingerprint density at radius 1 is 1.36 bits per heavy atom. The molecule has 7 heteroatoms. The van der Waals surface area contributed by atoms with Crippen LogP contribution < -0.4 is 5.32 Å². The van der Waals surface area contributed by atoms with Crippen molar-refractivity contribution in [1.82, 2.24) is 10.4 Å². The van der Waals surface area contributed by atoms with Gasteiger partial charge in [0.05, 0.1) is 5.75 Å². The van der Waals surface area contributed by atoms with E-state index in [1.54, 1.807) is 0 Å². The van der Waals surface area contributed by atoms with Crippen LogP contribution in [0, 0.1) is 0 Å². The van der Waals surface area contributed by atoms with E-state index in [0.29, 0.717) is 19.5 Å². The van der Waals surface area contributed by atoms with Crippen LogP contribution in [-0.4, -0.2) is 75.0 Å². The van der Waals surface area contributed by atoms with Gasteiger partial charge in [-0.3, -0.25) is 0 Å². The molecule has 0 radical (unpaired) electrons. The van der Waals surface area contributed by atoms with Gasteiger partial charge in [-0.1, -0.05) is 6.92 Å². The Bertz CT molecular complexity index is 239. The molecule has 1 N–H and O–H groups in total. The summed E-state index contributed by atoms with van der Waals surface area (Å²) in [5, 5.41) is 4.62. The summed E-state index contributed by atoms with van der Waals surface area (Å²) >= 11 is 0. The third-order valence-electron chi connectivity index (χ3n) is 1.75. The van der Waals surface area contributed by atoms with Gasteiger partial charge in [-0.05, 0) is 6.42 Å². The summed E-state index contributed by atoms with van der Waals surface area (Å²) in [4.78, 5) is 0. The number of hydrogen-bond donors (Lipinski definition) is 1. The van der Waals surface area contributed by atoms with Gasteiger partial charge < -0.3 is 5.32 Å². The molecule has 1 heterocycles. The number of nitrogens with one attached hydrogen (secondary N) is 1. The molecule has 1 aliphatic rings. The molecule has 0 aromatic carbocycles. The molecule has 14 heavy (non-hydrogen) atoms. The van der Waals surface area contributed by atoms with Crippen molar-refractivity contribution in [3.8, 4) is 0 Å². The summed E-state index contributed by atoms with van der Waals surface area (Å²) in [5.74, 6) is 0.0942. The van der Waals surface area contributed by atoms with Crippen LogP contribution in [-0.2, 0) is 14.4 Å². The molecule has 1 fully saturated rings. The van der Waals surface area contributed by atoms with Crippen molar-refractivity contribution in [3.63, 3.8) is 0 Å². The second-order valence-electron chi connectivity index (χ2n) is 3.02. The van der Waals surface area contributed by atoms with Crippen LogP contribution in [0.1, 0.15) is 13.3 Å². The van der Waals surface area contributed by atoms with Crippen LogP contribution in [0.5, 0.6) is 0 Å². The van der Waals surface area contributed by atoms with Crippen molar-refractivity contribution in [2.75, 3.05) is 31.9 Å². The summed E-state index contributed by atoms with van der Waals surface area (Å²) in [6.45, 7) is 4.63. The fraction of sp³-hybridized carbons (Fsp3) is 1.00. The molecule has 0 aromatic heterocycles. The van der Waals surface area contributed by atoms with Crippen LogP contribution in [0.3, 0.4) is 0 Å². The number of piperazine rings is 1. The van der Waals surface area contributed by atoms with Gasteiger partial charge in [-0.25, -0.2) is 0 Å². The summed E-state index contributed by atoms with van der Waals surface area (Å²) in [6, 6.07) is 0. The molecule has 80 valence electrons. The first-order valence-electron chi connectivity index (χ1n) is 4.52. The molecule has 1 rings (SSSR count). The second-order valence-corrected chi connectivity index (χ2v) is 4.69. The Balaban J connectivity index is 0.00000169. The fourth-order valence-corrected chi connectivity index (χ4v) is 2.21. The molecular weight excluding hydrogens is 215 g/mol. The maximum absolute atomic E-state index is 11.2. The summed E-state index contributed by atoms with van der Waals surface area (Å²) in [6.07, 6.45) is 0.592. The van der Waals surface area contributed by atoms with Gasteiger partial charge in [0.25, 0.3) is 10.1 Å². The van der Waals surface area contributed by atoms with Gasteiger partial charge in [0.2, 0.25) is 0 Å². The van der Waals surface area contributed by atoms with Gasteiger partial charge in [-0.15, -0.1) is 0 Å². The molecule has 0 unspecified atom stereocenters. The van der Waals surface area contributed by atoms with Gasteiger partial charge in [0.1, 0.15) is 0 Å². The van der Waals surface area contributed by atoms with Crippen LogP contribution in [0.15, 0.2) is 0 Å². The maximum atomic E-state index is 11.2. The predicted octanol–water partition coefficient (Wildman–Crippen LogP) is -1.09. The molecule has 0 spiro atoms. The van der Waals surface area contributed by atoms with Crippen LogP contribution in [0.25, 0.3) is 0 Å². The standard InChI is InChI=1S/C7H16N2O3S.Na.H/c1-2-7-13(10,11)12-9-5-3-8-4-6-9;;/h8H,2-7H2,1H3;;. The van der Waals surface area contributed by atoms with Crippen molar-refractivity contribution in [1.29, 1.82) is 0 Å². The van der Waals surface area contributed by atoms with Crippen molar-refractivity contribution in [2.45, 2.75) is 13.3 Å². The first-order chi connectivity index (χ1) is 6.14.